The number of hydrogen-bond donors (Lipinski definition) is 4. The van der Waals surface area contributed by atoms with Crippen LogP contribution in [0, 0.1) is 12.8 Å². The van der Waals surface area contributed by atoms with Crippen LogP contribution in [0.3, 0.4) is 0 Å². The zero-order valence-corrected chi connectivity index (χ0v) is 15.6. The van der Waals surface area contributed by atoms with E-state index in [1.807, 2.05) is 45.0 Å². The van der Waals surface area contributed by atoms with Crippen LogP contribution in [0.25, 0.3) is 0 Å². The molecule has 0 spiro atoms. The lowest BCUT2D eigenvalue weighted by atomic mass is 10.1. The molecule has 1 aliphatic rings. The Morgan fingerprint density at radius 3 is 2.50 bits per heavy atom. The normalized spacial score (nSPS) is 18.6. The van der Waals surface area contributed by atoms with Gasteiger partial charge in [-0.15, -0.1) is 0 Å². The lowest BCUT2D eigenvalue weighted by molar-refractivity contribution is -0.121. The summed E-state index contributed by atoms with van der Waals surface area (Å²) in [5.74, 6) is 0.746. The molecule has 1 saturated carbocycles. The first-order chi connectivity index (χ1) is 12.5. The Balaban J connectivity index is 0.00000117. The van der Waals surface area contributed by atoms with E-state index >= 15 is 0 Å². The number of benzene rings is 1. The van der Waals surface area contributed by atoms with Gasteiger partial charge < -0.3 is 22.1 Å². The highest BCUT2D eigenvalue weighted by molar-refractivity contribution is 5.77. The van der Waals surface area contributed by atoms with Crippen LogP contribution in [0.15, 0.2) is 30.5 Å². The Labute approximate surface area is 154 Å². The minimum Gasteiger partial charge on any atom is -0.394 e. The van der Waals surface area contributed by atoms with E-state index in [9.17, 15) is 4.79 Å². The van der Waals surface area contributed by atoms with Crippen LogP contribution >= 0.6 is 0 Å². The molecule has 1 amide bonds. The molecule has 6 N–H and O–H groups in total. The number of rotatable bonds is 5. The summed E-state index contributed by atoms with van der Waals surface area (Å²) >= 11 is 0. The fraction of sp³-hybridized carbons (Fsp3) is 0.421. The van der Waals surface area contributed by atoms with E-state index < -0.39 is 0 Å². The number of primary amides is 1. The van der Waals surface area contributed by atoms with Crippen LogP contribution in [0.1, 0.15) is 38.7 Å². The number of amides is 1. The third-order valence-electron chi connectivity index (χ3n) is 4.30. The maximum absolute atomic E-state index is 11.3. The number of nitrogen functional groups attached to an aromatic ring is 1. The number of hydrogen-bond acceptors (Lipinski definition) is 6. The van der Waals surface area contributed by atoms with E-state index in [-0.39, 0.29) is 17.9 Å². The maximum Gasteiger partial charge on any atom is 0.224 e. The summed E-state index contributed by atoms with van der Waals surface area (Å²) < 4.78 is 0. The molecule has 0 aliphatic heterocycles. The summed E-state index contributed by atoms with van der Waals surface area (Å²) in [5.41, 5.74) is 13.9. The number of anilines is 4. The molecule has 2 aromatic rings. The van der Waals surface area contributed by atoms with Crippen molar-refractivity contribution in [3.63, 3.8) is 0 Å². The summed E-state index contributed by atoms with van der Waals surface area (Å²) in [6, 6.07) is 8.12. The van der Waals surface area contributed by atoms with Crippen LogP contribution in [0.2, 0.25) is 0 Å². The Morgan fingerprint density at radius 2 is 1.88 bits per heavy atom. The van der Waals surface area contributed by atoms with Crippen molar-refractivity contribution in [3.05, 3.63) is 36.0 Å². The molecule has 2 atom stereocenters. The molecule has 1 fully saturated rings. The Kier molecular flexibility index (Phi) is 6.77. The van der Waals surface area contributed by atoms with E-state index in [1.165, 1.54) is 5.56 Å². The molecule has 0 radical (unpaired) electrons. The van der Waals surface area contributed by atoms with Crippen LogP contribution in [-0.2, 0) is 4.79 Å². The van der Waals surface area contributed by atoms with Gasteiger partial charge in [0.15, 0.2) is 5.82 Å². The van der Waals surface area contributed by atoms with Gasteiger partial charge in [0.2, 0.25) is 11.9 Å². The van der Waals surface area contributed by atoms with Crippen molar-refractivity contribution in [1.82, 2.24) is 9.97 Å². The van der Waals surface area contributed by atoms with Gasteiger partial charge in [-0.3, -0.25) is 4.79 Å². The minimum atomic E-state index is -0.237. The van der Waals surface area contributed by atoms with Gasteiger partial charge in [-0.05, 0) is 38.3 Å². The van der Waals surface area contributed by atoms with E-state index in [1.54, 1.807) is 6.20 Å². The van der Waals surface area contributed by atoms with Gasteiger partial charge in [0, 0.05) is 17.6 Å². The molecule has 140 valence electrons. The molecule has 0 saturated heterocycles. The highest BCUT2D eigenvalue weighted by Gasteiger charge is 2.28. The maximum atomic E-state index is 11.3. The Hall–Kier alpha value is -2.83. The largest absolute Gasteiger partial charge is 0.394 e. The second-order valence-corrected chi connectivity index (χ2v) is 6.24. The smallest absolute Gasteiger partial charge is 0.224 e. The molecular weight excluding hydrogens is 328 g/mol. The second-order valence-electron chi connectivity index (χ2n) is 6.24. The van der Waals surface area contributed by atoms with Gasteiger partial charge in [0.05, 0.1) is 11.9 Å². The van der Waals surface area contributed by atoms with Crippen molar-refractivity contribution >= 4 is 29.0 Å². The van der Waals surface area contributed by atoms with Gasteiger partial charge >= 0.3 is 0 Å². The third kappa shape index (κ3) is 5.08. The molecule has 1 aromatic carbocycles. The fourth-order valence-corrected chi connectivity index (χ4v) is 2.89. The average molecular weight is 356 g/mol. The highest BCUT2D eigenvalue weighted by atomic mass is 16.1. The van der Waals surface area contributed by atoms with E-state index in [2.05, 4.69) is 20.6 Å². The van der Waals surface area contributed by atoms with Crippen molar-refractivity contribution in [1.29, 1.82) is 0 Å². The molecule has 1 heterocycles. The zero-order chi connectivity index (χ0) is 19.1. The molecule has 7 nitrogen and oxygen atoms in total. The molecule has 7 heteroatoms. The Morgan fingerprint density at radius 1 is 1.19 bits per heavy atom. The first-order valence-electron chi connectivity index (χ1n) is 9.03. The van der Waals surface area contributed by atoms with Crippen LogP contribution in [-0.4, -0.2) is 21.9 Å². The number of carbonyl (C=O) groups excluding carboxylic acids is 1. The molecule has 0 bridgehead atoms. The van der Waals surface area contributed by atoms with Crippen molar-refractivity contribution in [2.24, 2.45) is 11.7 Å². The average Bonchev–Trinajstić information content (AvgIpc) is 3.10. The molecule has 26 heavy (non-hydrogen) atoms. The number of aryl methyl sites for hydroxylation is 1. The van der Waals surface area contributed by atoms with E-state index in [0.717, 1.165) is 18.5 Å². The SMILES string of the molecule is CC.Cc1ccc(Nc2nc(NC3CC[C@@H](C(N)=O)C3)ncc2N)cc1. The second kappa shape index (κ2) is 9.03. The quantitative estimate of drug-likeness (QED) is 0.653. The molecule has 1 unspecified atom stereocenters. The summed E-state index contributed by atoms with van der Waals surface area (Å²) in [6.45, 7) is 6.03. The van der Waals surface area contributed by atoms with E-state index in [4.69, 9.17) is 11.5 Å². The van der Waals surface area contributed by atoms with Gasteiger partial charge in [0.1, 0.15) is 0 Å². The number of nitrogens with two attached hydrogens (primary N) is 2. The predicted octanol–water partition coefficient (Wildman–Crippen LogP) is 3.20. The summed E-state index contributed by atoms with van der Waals surface area (Å²) in [6.07, 6.45) is 3.97. The van der Waals surface area contributed by atoms with Crippen LogP contribution in [0.5, 0.6) is 0 Å². The topological polar surface area (TPSA) is 119 Å². The lowest BCUT2D eigenvalue weighted by Gasteiger charge is -2.14. The van der Waals surface area contributed by atoms with Crippen molar-refractivity contribution < 1.29 is 4.79 Å². The minimum absolute atomic E-state index is 0.0681. The third-order valence-corrected chi connectivity index (χ3v) is 4.30. The molecule has 1 aliphatic carbocycles. The first kappa shape index (κ1) is 19.5. The lowest BCUT2D eigenvalue weighted by Crippen LogP contribution is -2.23. The number of carbonyl (C=O) groups is 1. The first-order valence-corrected chi connectivity index (χ1v) is 9.03. The van der Waals surface area contributed by atoms with Crippen LogP contribution in [0.4, 0.5) is 23.1 Å². The van der Waals surface area contributed by atoms with Crippen molar-refractivity contribution in [2.45, 2.75) is 46.1 Å². The number of nitrogens with one attached hydrogen (secondary N) is 2. The molecule has 1 aromatic heterocycles. The fourth-order valence-electron chi connectivity index (χ4n) is 2.89. The molecular formula is C19H28N6O. The standard InChI is InChI=1S/C17H22N6O.C2H6/c1-10-2-5-12(6-3-10)21-16-14(18)9-20-17(23-16)22-13-7-4-11(8-13)15(19)24;1-2/h2-3,5-6,9,11,13H,4,7-8,18H2,1H3,(H2,19,24)(H2,20,21,22,23);1-2H3/t11-,13?;/m1./s1. The highest BCUT2D eigenvalue weighted by Crippen LogP contribution is 2.28. The van der Waals surface area contributed by atoms with Crippen LogP contribution < -0.4 is 22.1 Å². The number of aromatic nitrogens is 2. The summed E-state index contributed by atoms with van der Waals surface area (Å²) in [5, 5.41) is 6.46. The number of nitrogens with zero attached hydrogens (tertiary/aromatic N) is 2. The zero-order valence-electron chi connectivity index (χ0n) is 15.6. The monoisotopic (exact) mass is 356 g/mol. The molecule has 3 rings (SSSR count). The summed E-state index contributed by atoms with van der Waals surface area (Å²) in [4.78, 5) is 19.9. The summed E-state index contributed by atoms with van der Waals surface area (Å²) in [7, 11) is 0. The predicted molar refractivity (Wildman–Crippen MR) is 106 cm³/mol. The van der Waals surface area contributed by atoms with Gasteiger partial charge in [-0.2, -0.15) is 4.98 Å². The van der Waals surface area contributed by atoms with E-state index in [0.29, 0.717) is 23.9 Å². The van der Waals surface area contributed by atoms with Crippen molar-refractivity contribution in [3.8, 4) is 0 Å². The Bertz CT molecular complexity index is 731. The van der Waals surface area contributed by atoms with Crippen molar-refractivity contribution in [2.75, 3.05) is 16.4 Å². The van der Waals surface area contributed by atoms with Gasteiger partial charge in [0.25, 0.3) is 0 Å². The van der Waals surface area contributed by atoms with Gasteiger partial charge in [-0.1, -0.05) is 31.5 Å². The van der Waals surface area contributed by atoms with Gasteiger partial charge in [-0.25, -0.2) is 4.98 Å².